The average molecular weight is 458 g/mol. The number of thiazole rings is 1. The van der Waals surface area contributed by atoms with Gasteiger partial charge in [-0.05, 0) is 48.0 Å². The van der Waals surface area contributed by atoms with Crippen molar-refractivity contribution in [3.63, 3.8) is 0 Å². The van der Waals surface area contributed by atoms with Crippen LogP contribution in [0.5, 0.6) is 17.2 Å². The molecule has 0 saturated carbocycles. The summed E-state index contributed by atoms with van der Waals surface area (Å²) >= 11 is 1.54. The molecule has 1 N–H and O–H groups in total. The summed E-state index contributed by atoms with van der Waals surface area (Å²) in [5.41, 5.74) is 4.42. The lowest BCUT2D eigenvalue weighted by Gasteiger charge is -2.19. The van der Waals surface area contributed by atoms with Crippen LogP contribution < -0.4 is 24.3 Å². The van der Waals surface area contributed by atoms with Crippen LogP contribution in [0.4, 0.5) is 11.4 Å². The summed E-state index contributed by atoms with van der Waals surface area (Å²) in [7, 11) is 0. The summed E-state index contributed by atoms with van der Waals surface area (Å²) in [4.78, 5) is 21.6. The second-order valence-corrected chi connectivity index (χ2v) is 8.38. The maximum absolute atomic E-state index is 11.8. The number of amides is 1. The van der Waals surface area contributed by atoms with Gasteiger partial charge in [0.05, 0.1) is 29.8 Å². The van der Waals surface area contributed by atoms with E-state index in [0.717, 1.165) is 38.8 Å². The van der Waals surface area contributed by atoms with Gasteiger partial charge in [0.15, 0.2) is 22.9 Å². The van der Waals surface area contributed by atoms with Crippen molar-refractivity contribution < 1.29 is 19.0 Å². The Morgan fingerprint density at radius 2 is 1.97 bits per heavy atom. The van der Waals surface area contributed by atoms with E-state index in [1.54, 1.807) is 23.7 Å². The minimum atomic E-state index is -0.162. The van der Waals surface area contributed by atoms with Crippen LogP contribution in [0.25, 0.3) is 11.3 Å². The average Bonchev–Trinajstić information content (AvgIpc) is 3.46. The highest BCUT2D eigenvalue weighted by molar-refractivity contribution is 7.07. The summed E-state index contributed by atoms with van der Waals surface area (Å²) < 4.78 is 18.7. The molecule has 8 nitrogen and oxygen atoms in total. The quantitative estimate of drug-likeness (QED) is 0.500. The molecule has 2 aromatic carbocycles. The standard InChI is InChI=1S/C24H18N4O4S/c29-23-12-30-20-6-4-16(9-18(20)27-23)19-13-33-24(26-17-2-1-7-25-10-17)28(19)11-15-3-5-21-22(8-15)32-14-31-21/h1-10,13H,11-12,14H2,(H,27,29). The molecule has 9 heteroatoms. The van der Waals surface area contributed by atoms with Crippen LogP contribution in [0.1, 0.15) is 5.56 Å². The molecule has 2 aliphatic heterocycles. The summed E-state index contributed by atoms with van der Waals surface area (Å²) in [6.07, 6.45) is 3.46. The van der Waals surface area contributed by atoms with E-state index in [2.05, 4.69) is 20.2 Å². The molecule has 2 aromatic heterocycles. The van der Waals surface area contributed by atoms with E-state index in [-0.39, 0.29) is 19.3 Å². The number of carbonyl (C=O) groups excluding carboxylic acids is 1. The van der Waals surface area contributed by atoms with Gasteiger partial charge in [-0.1, -0.05) is 6.07 Å². The smallest absolute Gasteiger partial charge is 0.262 e. The van der Waals surface area contributed by atoms with Gasteiger partial charge < -0.3 is 24.1 Å². The fourth-order valence-corrected chi connectivity index (χ4v) is 4.73. The van der Waals surface area contributed by atoms with Crippen LogP contribution in [0.15, 0.2) is 71.3 Å². The van der Waals surface area contributed by atoms with Crippen molar-refractivity contribution in [2.75, 3.05) is 18.7 Å². The molecular formula is C24H18N4O4S. The molecule has 4 aromatic rings. The number of rotatable bonds is 4. The highest BCUT2D eigenvalue weighted by Crippen LogP contribution is 2.35. The first-order valence-corrected chi connectivity index (χ1v) is 11.2. The molecule has 0 radical (unpaired) electrons. The van der Waals surface area contributed by atoms with Gasteiger partial charge in [-0.15, -0.1) is 11.3 Å². The van der Waals surface area contributed by atoms with Crippen LogP contribution >= 0.6 is 11.3 Å². The fraction of sp³-hybridized carbons (Fsp3) is 0.125. The van der Waals surface area contributed by atoms with Crippen molar-refractivity contribution in [1.29, 1.82) is 0 Å². The van der Waals surface area contributed by atoms with Crippen LogP contribution in [0.3, 0.4) is 0 Å². The molecule has 0 spiro atoms. The number of hydrogen-bond donors (Lipinski definition) is 1. The van der Waals surface area contributed by atoms with Crippen molar-refractivity contribution in [2.45, 2.75) is 6.54 Å². The second kappa shape index (κ2) is 8.10. The van der Waals surface area contributed by atoms with Crippen LogP contribution in [-0.4, -0.2) is 28.9 Å². The monoisotopic (exact) mass is 458 g/mol. The van der Waals surface area contributed by atoms with Crippen molar-refractivity contribution in [3.8, 4) is 28.5 Å². The molecule has 1 amide bonds. The van der Waals surface area contributed by atoms with E-state index in [0.29, 0.717) is 18.0 Å². The minimum absolute atomic E-state index is 0.0308. The van der Waals surface area contributed by atoms with Crippen molar-refractivity contribution in [3.05, 3.63) is 76.7 Å². The molecule has 6 rings (SSSR count). The van der Waals surface area contributed by atoms with Gasteiger partial charge >= 0.3 is 0 Å². The summed E-state index contributed by atoms with van der Waals surface area (Å²) in [5.74, 6) is 1.99. The zero-order chi connectivity index (χ0) is 22.2. The Balaban J connectivity index is 1.46. The fourth-order valence-electron chi connectivity index (χ4n) is 3.80. The molecule has 164 valence electrons. The van der Waals surface area contributed by atoms with Gasteiger partial charge in [0.25, 0.3) is 5.91 Å². The number of pyridine rings is 1. The van der Waals surface area contributed by atoms with E-state index in [4.69, 9.17) is 19.2 Å². The molecule has 0 fully saturated rings. The molecular weight excluding hydrogens is 440 g/mol. The third-order valence-corrected chi connectivity index (χ3v) is 6.22. The number of fused-ring (bicyclic) bond motifs is 2. The molecule has 33 heavy (non-hydrogen) atoms. The Labute approximate surface area is 192 Å². The van der Waals surface area contributed by atoms with E-state index < -0.39 is 0 Å². The number of hydrogen-bond acceptors (Lipinski definition) is 7. The first kappa shape index (κ1) is 19.6. The Morgan fingerprint density at radius 1 is 1.06 bits per heavy atom. The lowest BCUT2D eigenvalue weighted by molar-refractivity contribution is -0.118. The lowest BCUT2D eigenvalue weighted by Crippen LogP contribution is -2.25. The lowest BCUT2D eigenvalue weighted by atomic mass is 10.1. The highest BCUT2D eigenvalue weighted by Gasteiger charge is 2.19. The zero-order valence-corrected chi connectivity index (χ0v) is 18.2. The molecule has 0 atom stereocenters. The summed E-state index contributed by atoms with van der Waals surface area (Å²) in [6, 6.07) is 15.5. The topological polar surface area (TPSA) is 87.0 Å². The predicted octanol–water partition coefficient (Wildman–Crippen LogP) is 3.95. The maximum Gasteiger partial charge on any atom is 0.262 e. The van der Waals surface area contributed by atoms with Gasteiger partial charge in [0, 0.05) is 17.1 Å². The number of nitrogens with zero attached hydrogens (tertiary/aromatic N) is 3. The maximum atomic E-state index is 11.8. The molecule has 4 heterocycles. The number of aromatic nitrogens is 2. The van der Waals surface area contributed by atoms with Crippen LogP contribution in [0.2, 0.25) is 0 Å². The number of ether oxygens (including phenoxy) is 3. The van der Waals surface area contributed by atoms with Gasteiger partial charge in [-0.2, -0.15) is 0 Å². The van der Waals surface area contributed by atoms with Crippen molar-refractivity contribution >= 4 is 28.6 Å². The Morgan fingerprint density at radius 3 is 2.88 bits per heavy atom. The van der Waals surface area contributed by atoms with Crippen molar-refractivity contribution in [1.82, 2.24) is 9.55 Å². The Hall–Kier alpha value is -4.11. The second-order valence-electron chi connectivity index (χ2n) is 7.55. The molecule has 0 aliphatic carbocycles. The zero-order valence-electron chi connectivity index (χ0n) is 17.4. The number of anilines is 1. The molecule has 0 bridgehead atoms. The third-order valence-electron chi connectivity index (χ3n) is 5.35. The van der Waals surface area contributed by atoms with E-state index in [1.807, 2.05) is 48.5 Å². The number of carbonyl (C=O) groups is 1. The van der Waals surface area contributed by atoms with Gasteiger partial charge in [-0.25, -0.2) is 4.99 Å². The number of nitrogens with one attached hydrogen (secondary N) is 1. The SMILES string of the molecule is O=C1COc2ccc(-c3csc(=Nc4cccnc4)n3Cc3ccc4c(c3)OCO4)cc2N1. The first-order valence-electron chi connectivity index (χ1n) is 10.3. The van der Waals surface area contributed by atoms with Crippen LogP contribution in [-0.2, 0) is 11.3 Å². The highest BCUT2D eigenvalue weighted by atomic mass is 32.1. The van der Waals surface area contributed by atoms with E-state index in [9.17, 15) is 4.79 Å². The van der Waals surface area contributed by atoms with Gasteiger partial charge in [0.2, 0.25) is 6.79 Å². The van der Waals surface area contributed by atoms with Crippen molar-refractivity contribution in [2.24, 2.45) is 4.99 Å². The molecule has 0 unspecified atom stereocenters. The van der Waals surface area contributed by atoms with Gasteiger partial charge in [0.1, 0.15) is 5.75 Å². The first-order chi connectivity index (χ1) is 16.2. The summed E-state index contributed by atoms with van der Waals surface area (Å²) in [5, 5.41) is 4.95. The normalized spacial score (nSPS) is 14.5. The predicted molar refractivity (Wildman–Crippen MR) is 123 cm³/mol. The summed E-state index contributed by atoms with van der Waals surface area (Å²) in [6.45, 7) is 0.845. The minimum Gasteiger partial charge on any atom is -0.482 e. The largest absolute Gasteiger partial charge is 0.482 e. The molecule has 2 aliphatic rings. The third kappa shape index (κ3) is 3.83. The molecule has 0 saturated heterocycles. The van der Waals surface area contributed by atoms with Crippen LogP contribution in [0, 0.1) is 0 Å². The number of benzene rings is 2. The Bertz CT molecular complexity index is 1430. The van der Waals surface area contributed by atoms with E-state index in [1.165, 1.54) is 0 Å². The van der Waals surface area contributed by atoms with Gasteiger partial charge in [-0.3, -0.25) is 9.78 Å². The Kier molecular flexibility index (Phi) is 4.80. The van der Waals surface area contributed by atoms with E-state index >= 15 is 0 Å².